The molecule has 2 aromatic carbocycles. The van der Waals surface area contributed by atoms with Crippen LogP contribution in [0.5, 0.6) is 0 Å². The van der Waals surface area contributed by atoms with Gasteiger partial charge in [0.15, 0.2) is 5.52 Å². The highest BCUT2D eigenvalue weighted by atomic mass is 32.4. The molecule has 0 N–H and O–H groups in total. The number of hydrogen-bond acceptors (Lipinski definition) is 2. The Morgan fingerprint density at radius 2 is 1.20 bits per heavy atom. The Labute approximate surface area is 126 Å². The lowest BCUT2D eigenvalue weighted by molar-refractivity contribution is -0.117. The minimum atomic E-state index is -2.44. The second-order valence-corrected chi connectivity index (χ2v) is 10.1. The summed E-state index contributed by atoms with van der Waals surface area (Å²) in [6.07, 6.45) is 0. The summed E-state index contributed by atoms with van der Waals surface area (Å²) in [6.45, 7) is 5.84. The van der Waals surface area contributed by atoms with Crippen LogP contribution >= 0.6 is 6.04 Å². The van der Waals surface area contributed by atoms with E-state index in [9.17, 15) is 4.79 Å². The quantitative estimate of drug-likeness (QED) is 0.804. The highest BCUT2D eigenvalue weighted by molar-refractivity contribution is 8.29. The molecule has 20 heavy (non-hydrogen) atoms. The van der Waals surface area contributed by atoms with E-state index in [1.54, 1.807) is 0 Å². The molecular weight excluding hydrogens is 283 g/mol. The molecule has 0 saturated carbocycles. The van der Waals surface area contributed by atoms with Crippen LogP contribution in [-0.2, 0) is 16.6 Å². The van der Waals surface area contributed by atoms with Gasteiger partial charge in [-0.2, -0.15) is 0 Å². The van der Waals surface area contributed by atoms with Gasteiger partial charge in [0.25, 0.3) is 0 Å². The smallest absolute Gasteiger partial charge is 0.177 e. The fourth-order valence-electron chi connectivity index (χ4n) is 2.13. The molecule has 2 aromatic rings. The molecule has 0 radical (unpaired) electrons. The molecule has 0 atom stereocenters. The van der Waals surface area contributed by atoms with Crippen LogP contribution in [0.3, 0.4) is 0 Å². The number of rotatable bonds is 3. The Morgan fingerprint density at radius 1 is 0.850 bits per heavy atom. The van der Waals surface area contributed by atoms with E-state index in [4.69, 9.17) is 11.8 Å². The van der Waals surface area contributed by atoms with Crippen LogP contribution in [-0.4, -0.2) is 5.52 Å². The number of hydrogen-bond donors (Lipinski definition) is 0. The summed E-state index contributed by atoms with van der Waals surface area (Å²) in [5, 5.41) is 1.95. The number of carbonyl (C=O) groups is 1. The lowest BCUT2D eigenvalue weighted by Gasteiger charge is -2.29. The van der Waals surface area contributed by atoms with Crippen LogP contribution in [0.1, 0.15) is 20.8 Å². The van der Waals surface area contributed by atoms with Crippen molar-refractivity contribution in [2.75, 3.05) is 0 Å². The highest BCUT2D eigenvalue weighted by Crippen LogP contribution is 2.49. The molecule has 0 amide bonds. The van der Waals surface area contributed by atoms with Crippen molar-refractivity contribution in [2.24, 2.45) is 5.41 Å². The van der Waals surface area contributed by atoms with Gasteiger partial charge in [-0.1, -0.05) is 93.2 Å². The molecule has 0 aliphatic rings. The zero-order valence-corrected chi connectivity index (χ0v) is 13.7. The van der Waals surface area contributed by atoms with E-state index in [2.05, 4.69) is 0 Å². The average molecular weight is 302 g/mol. The molecule has 104 valence electrons. The Balaban J connectivity index is 2.69. The molecule has 0 aromatic heterocycles. The summed E-state index contributed by atoms with van der Waals surface area (Å²) < 4.78 is 0. The first kappa shape index (κ1) is 15.2. The van der Waals surface area contributed by atoms with Gasteiger partial charge in [0.1, 0.15) is 0 Å². The van der Waals surface area contributed by atoms with Crippen molar-refractivity contribution >= 4 is 34.0 Å². The summed E-state index contributed by atoms with van der Waals surface area (Å²) in [6, 6.07) is 17.2. The molecule has 0 bridgehead atoms. The fraction of sp³-hybridized carbons (Fsp3) is 0.235. The molecule has 0 spiro atoms. The van der Waals surface area contributed by atoms with Crippen molar-refractivity contribution in [1.82, 2.24) is 0 Å². The predicted molar refractivity (Wildman–Crippen MR) is 90.9 cm³/mol. The summed E-state index contributed by atoms with van der Waals surface area (Å²) in [5.74, 6) is 0. The van der Waals surface area contributed by atoms with Gasteiger partial charge >= 0.3 is 0 Å². The third-order valence-corrected chi connectivity index (χ3v) is 8.22. The van der Waals surface area contributed by atoms with Crippen molar-refractivity contribution in [3.05, 3.63) is 60.7 Å². The first-order valence-corrected chi connectivity index (χ1v) is 9.43. The normalized spacial score (nSPS) is 12.2. The van der Waals surface area contributed by atoms with Crippen LogP contribution in [0.4, 0.5) is 0 Å². The lowest BCUT2D eigenvalue weighted by atomic mass is 9.99. The van der Waals surface area contributed by atoms with Gasteiger partial charge in [-0.15, -0.1) is 0 Å². The van der Waals surface area contributed by atoms with Crippen LogP contribution in [0, 0.1) is 5.41 Å². The minimum absolute atomic E-state index is 0.164. The van der Waals surface area contributed by atoms with E-state index in [0.717, 1.165) is 10.6 Å². The van der Waals surface area contributed by atoms with Gasteiger partial charge in [0.2, 0.25) is 0 Å². The zero-order chi connectivity index (χ0) is 14.8. The van der Waals surface area contributed by atoms with Crippen molar-refractivity contribution in [3.63, 3.8) is 0 Å². The molecule has 3 heteroatoms. The largest absolute Gasteiger partial charge is 0.292 e. The Kier molecular flexibility index (Phi) is 4.27. The van der Waals surface area contributed by atoms with Gasteiger partial charge in [0, 0.05) is 5.41 Å². The van der Waals surface area contributed by atoms with E-state index in [-0.39, 0.29) is 5.52 Å². The Morgan fingerprint density at radius 3 is 1.50 bits per heavy atom. The minimum Gasteiger partial charge on any atom is -0.292 e. The van der Waals surface area contributed by atoms with Crippen molar-refractivity contribution in [3.8, 4) is 0 Å². The lowest BCUT2D eigenvalue weighted by Crippen LogP contribution is -2.30. The van der Waals surface area contributed by atoms with Gasteiger partial charge in [-0.25, -0.2) is 0 Å². The average Bonchev–Trinajstić information content (AvgIpc) is 2.46. The van der Waals surface area contributed by atoms with E-state index < -0.39 is 11.5 Å². The Hall–Kier alpha value is -1.24. The molecule has 0 aliphatic heterocycles. The third kappa shape index (κ3) is 2.77. The summed E-state index contributed by atoms with van der Waals surface area (Å²) in [5.41, 5.74) is -0.279. The van der Waals surface area contributed by atoms with E-state index in [1.165, 1.54) is 0 Å². The Bertz CT molecular complexity index is 598. The van der Waals surface area contributed by atoms with E-state index in [1.807, 2.05) is 81.4 Å². The molecule has 0 fully saturated rings. The van der Waals surface area contributed by atoms with E-state index in [0.29, 0.717) is 0 Å². The van der Waals surface area contributed by atoms with Crippen molar-refractivity contribution < 1.29 is 4.79 Å². The third-order valence-electron chi connectivity index (χ3n) is 3.17. The second kappa shape index (κ2) is 5.63. The van der Waals surface area contributed by atoms with Crippen LogP contribution < -0.4 is 10.6 Å². The van der Waals surface area contributed by atoms with E-state index >= 15 is 0 Å². The van der Waals surface area contributed by atoms with Crippen LogP contribution in [0.15, 0.2) is 60.7 Å². The number of carbonyl (C=O) groups excluding carboxylic acids is 1. The van der Waals surface area contributed by atoms with Gasteiger partial charge in [-0.3, -0.25) is 4.79 Å². The molecule has 0 unspecified atom stereocenters. The zero-order valence-electron chi connectivity index (χ0n) is 12.0. The van der Waals surface area contributed by atoms with Gasteiger partial charge in [-0.05, 0) is 10.6 Å². The molecule has 0 saturated heterocycles. The first-order valence-electron chi connectivity index (χ1n) is 6.63. The monoisotopic (exact) mass is 302 g/mol. The van der Waals surface area contributed by atoms with Crippen molar-refractivity contribution in [1.29, 1.82) is 0 Å². The molecular formula is C17H19OPS. The second-order valence-electron chi connectivity index (χ2n) is 5.84. The molecule has 0 aliphatic carbocycles. The number of benzene rings is 2. The standard InChI is InChI=1S/C17H19OPS/c1-17(2,3)16(18)19(20,14-10-6-4-7-11-14)15-12-8-5-9-13-15/h4-13H,1-3H3. The highest BCUT2D eigenvalue weighted by Gasteiger charge is 2.37. The summed E-state index contributed by atoms with van der Waals surface area (Å²) in [7, 11) is 0. The summed E-state index contributed by atoms with van der Waals surface area (Å²) in [4.78, 5) is 13.0. The first-order chi connectivity index (χ1) is 9.37. The predicted octanol–water partition coefficient (Wildman–Crippen LogP) is 3.69. The maximum absolute atomic E-state index is 13.0. The maximum atomic E-state index is 13.0. The van der Waals surface area contributed by atoms with Crippen LogP contribution in [0.2, 0.25) is 0 Å². The molecule has 1 nitrogen and oxygen atoms in total. The van der Waals surface area contributed by atoms with Crippen molar-refractivity contribution in [2.45, 2.75) is 20.8 Å². The SMILES string of the molecule is CC(C)(C)C(=O)P(=S)(c1ccccc1)c1ccccc1. The van der Waals surface area contributed by atoms with Gasteiger partial charge in [0.05, 0.1) is 6.04 Å². The molecule has 0 heterocycles. The topological polar surface area (TPSA) is 17.1 Å². The van der Waals surface area contributed by atoms with Gasteiger partial charge < -0.3 is 0 Å². The maximum Gasteiger partial charge on any atom is 0.177 e. The molecule has 2 rings (SSSR count). The van der Waals surface area contributed by atoms with Crippen LogP contribution in [0.25, 0.3) is 0 Å². The summed E-state index contributed by atoms with van der Waals surface area (Å²) >= 11 is 5.97. The fourth-order valence-corrected chi connectivity index (χ4v) is 6.58.